The number of hydrogen-bond donors (Lipinski definition) is 0. The van der Waals surface area contributed by atoms with Crippen LogP contribution in [0.15, 0.2) is 43.0 Å². The van der Waals surface area contributed by atoms with Crippen LogP contribution in [0.5, 0.6) is 0 Å². The molecule has 1 fully saturated rings. The van der Waals surface area contributed by atoms with E-state index in [1.54, 1.807) is 15.7 Å². The third-order valence-electron chi connectivity index (χ3n) is 4.59. The number of hydrogen-bond acceptors (Lipinski definition) is 5. The minimum Gasteiger partial charge on any atom is -0.335 e. The van der Waals surface area contributed by atoms with Crippen LogP contribution in [-0.2, 0) is 18.3 Å². The van der Waals surface area contributed by atoms with E-state index in [4.69, 9.17) is 0 Å². The Morgan fingerprint density at radius 2 is 2.12 bits per heavy atom. The normalized spacial score (nSPS) is 17.2. The quantitative estimate of drug-likeness (QED) is 0.717. The van der Waals surface area contributed by atoms with E-state index in [2.05, 4.69) is 20.6 Å². The van der Waals surface area contributed by atoms with Crippen molar-refractivity contribution in [3.8, 4) is 5.69 Å². The molecule has 25 heavy (non-hydrogen) atoms. The SMILES string of the molecule is Cn1cc([C@H]2CCCN2C(=O)Cc2ccc(-n3cnnn3)cc2)cn1. The lowest BCUT2D eigenvalue weighted by Crippen LogP contribution is -2.31. The van der Waals surface area contributed by atoms with Crippen LogP contribution < -0.4 is 0 Å². The van der Waals surface area contributed by atoms with Gasteiger partial charge in [-0.2, -0.15) is 5.10 Å². The molecule has 0 bridgehead atoms. The smallest absolute Gasteiger partial charge is 0.227 e. The molecule has 3 heterocycles. The van der Waals surface area contributed by atoms with Gasteiger partial charge in [-0.05, 0) is 41.0 Å². The summed E-state index contributed by atoms with van der Waals surface area (Å²) in [5.74, 6) is 0.154. The zero-order chi connectivity index (χ0) is 17.2. The topological polar surface area (TPSA) is 81.7 Å². The first-order chi connectivity index (χ1) is 12.2. The molecule has 1 aliphatic rings. The first-order valence-corrected chi connectivity index (χ1v) is 8.31. The Balaban J connectivity index is 1.46. The van der Waals surface area contributed by atoms with E-state index in [1.807, 2.05) is 48.6 Å². The van der Waals surface area contributed by atoms with Gasteiger partial charge < -0.3 is 4.90 Å². The van der Waals surface area contributed by atoms with Crippen molar-refractivity contribution in [3.05, 3.63) is 54.1 Å². The van der Waals surface area contributed by atoms with Crippen LogP contribution in [-0.4, -0.2) is 47.3 Å². The number of rotatable bonds is 4. The summed E-state index contributed by atoms with van der Waals surface area (Å²) in [7, 11) is 1.90. The van der Waals surface area contributed by atoms with Gasteiger partial charge in [0.05, 0.1) is 24.3 Å². The molecule has 1 aromatic carbocycles. The lowest BCUT2D eigenvalue weighted by atomic mass is 10.1. The minimum absolute atomic E-state index is 0.140. The molecule has 4 rings (SSSR count). The number of nitrogens with zero attached hydrogens (tertiary/aromatic N) is 7. The van der Waals surface area contributed by atoms with Crippen LogP contribution in [0.25, 0.3) is 5.69 Å². The maximum Gasteiger partial charge on any atom is 0.227 e. The predicted molar refractivity (Wildman–Crippen MR) is 89.8 cm³/mol. The Morgan fingerprint density at radius 3 is 2.80 bits per heavy atom. The molecule has 0 unspecified atom stereocenters. The molecular formula is C17H19N7O. The first kappa shape index (κ1) is 15.5. The lowest BCUT2D eigenvalue weighted by molar-refractivity contribution is -0.131. The highest BCUT2D eigenvalue weighted by Gasteiger charge is 2.30. The van der Waals surface area contributed by atoms with Gasteiger partial charge in [-0.1, -0.05) is 12.1 Å². The highest BCUT2D eigenvalue weighted by molar-refractivity contribution is 5.79. The number of aromatic nitrogens is 6. The van der Waals surface area contributed by atoms with E-state index in [0.717, 1.165) is 36.2 Å². The summed E-state index contributed by atoms with van der Waals surface area (Å²) in [5, 5.41) is 15.3. The molecule has 0 radical (unpaired) electrons. The van der Waals surface area contributed by atoms with Crippen LogP contribution in [0.1, 0.15) is 30.0 Å². The molecule has 128 valence electrons. The summed E-state index contributed by atoms with van der Waals surface area (Å²) >= 11 is 0. The highest BCUT2D eigenvalue weighted by Crippen LogP contribution is 2.32. The van der Waals surface area contributed by atoms with Gasteiger partial charge in [0.1, 0.15) is 6.33 Å². The second-order valence-corrected chi connectivity index (χ2v) is 6.29. The Kier molecular flexibility index (Phi) is 4.01. The van der Waals surface area contributed by atoms with E-state index < -0.39 is 0 Å². The van der Waals surface area contributed by atoms with E-state index in [1.165, 1.54) is 0 Å². The van der Waals surface area contributed by atoms with E-state index in [-0.39, 0.29) is 11.9 Å². The lowest BCUT2D eigenvalue weighted by Gasteiger charge is -2.24. The Bertz CT molecular complexity index is 854. The third kappa shape index (κ3) is 3.15. The van der Waals surface area contributed by atoms with Gasteiger partial charge in [-0.3, -0.25) is 9.48 Å². The van der Waals surface area contributed by atoms with Crippen molar-refractivity contribution in [2.75, 3.05) is 6.54 Å². The number of aryl methyl sites for hydroxylation is 1. The Morgan fingerprint density at radius 1 is 1.28 bits per heavy atom. The van der Waals surface area contributed by atoms with Gasteiger partial charge in [0.15, 0.2) is 0 Å². The molecule has 0 saturated carbocycles. The summed E-state index contributed by atoms with van der Waals surface area (Å²) in [6.07, 6.45) is 7.82. The van der Waals surface area contributed by atoms with Crippen LogP contribution in [0, 0.1) is 0 Å². The molecule has 8 nitrogen and oxygen atoms in total. The molecule has 1 amide bonds. The third-order valence-corrected chi connectivity index (χ3v) is 4.59. The van der Waals surface area contributed by atoms with Crippen molar-refractivity contribution in [1.82, 2.24) is 34.9 Å². The molecule has 0 aliphatic carbocycles. The summed E-state index contributed by atoms with van der Waals surface area (Å²) in [6, 6.07) is 7.87. The summed E-state index contributed by atoms with van der Waals surface area (Å²) in [5.41, 5.74) is 2.97. The van der Waals surface area contributed by atoms with Gasteiger partial charge in [0, 0.05) is 25.4 Å². The molecule has 8 heteroatoms. The van der Waals surface area contributed by atoms with Crippen LogP contribution in [0.4, 0.5) is 0 Å². The Hall–Kier alpha value is -3.03. The van der Waals surface area contributed by atoms with Crippen LogP contribution in [0.2, 0.25) is 0 Å². The van der Waals surface area contributed by atoms with Crippen molar-refractivity contribution in [3.63, 3.8) is 0 Å². The van der Waals surface area contributed by atoms with Gasteiger partial charge in [0.2, 0.25) is 5.91 Å². The number of amides is 1. The number of likely N-dealkylation sites (tertiary alicyclic amines) is 1. The minimum atomic E-state index is 0.140. The van der Waals surface area contributed by atoms with Gasteiger partial charge >= 0.3 is 0 Å². The van der Waals surface area contributed by atoms with Crippen molar-refractivity contribution in [2.24, 2.45) is 7.05 Å². The number of tetrazole rings is 1. The summed E-state index contributed by atoms with van der Waals surface area (Å²) < 4.78 is 3.37. The molecule has 3 aromatic rings. The van der Waals surface area contributed by atoms with Crippen LogP contribution in [0.3, 0.4) is 0 Å². The number of carbonyl (C=O) groups is 1. The largest absolute Gasteiger partial charge is 0.335 e. The second-order valence-electron chi connectivity index (χ2n) is 6.29. The monoisotopic (exact) mass is 337 g/mol. The van der Waals surface area contributed by atoms with Crippen molar-refractivity contribution < 1.29 is 4.79 Å². The maximum atomic E-state index is 12.8. The molecule has 0 N–H and O–H groups in total. The summed E-state index contributed by atoms with van der Waals surface area (Å²) in [4.78, 5) is 14.8. The van der Waals surface area contributed by atoms with Crippen molar-refractivity contribution in [2.45, 2.75) is 25.3 Å². The average molecular weight is 337 g/mol. The molecule has 1 aliphatic heterocycles. The predicted octanol–water partition coefficient (Wildman–Crippen LogP) is 1.30. The van der Waals surface area contributed by atoms with E-state index in [0.29, 0.717) is 6.42 Å². The fraction of sp³-hybridized carbons (Fsp3) is 0.353. The van der Waals surface area contributed by atoms with E-state index in [9.17, 15) is 4.79 Å². The standard InChI is InChI=1S/C17H19N7O/c1-22-11-14(10-19-22)16-3-2-8-23(16)17(25)9-13-4-6-15(7-5-13)24-12-18-20-21-24/h4-7,10-12,16H,2-3,8-9H2,1H3/t16-/m1/s1. The number of benzene rings is 1. The Labute approximate surface area is 145 Å². The summed E-state index contributed by atoms with van der Waals surface area (Å²) in [6.45, 7) is 0.807. The molecule has 0 spiro atoms. The average Bonchev–Trinajstić information content (AvgIpc) is 3.36. The fourth-order valence-electron chi connectivity index (χ4n) is 3.35. The molecule has 1 saturated heterocycles. The maximum absolute atomic E-state index is 12.8. The zero-order valence-electron chi connectivity index (χ0n) is 14.0. The first-order valence-electron chi connectivity index (χ1n) is 8.31. The molecular weight excluding hydrogens is 318 g/mol. The van der Waals surface area contributed by atoms with Gasteiger partial charge in [-0.15, -0.1) is 5.10 Å². The van der Waals surface area contributed by atoms with Crippen molar-refractivity contribution >= 4 is 5.91 Å². The van der Waals surface area contributed by atoms with Crippen LogP contribution >= 0.6 is 0 Å². The molecule has 2 aromatic heterocycles. The molecule has 1 atom stereocenters. The van der Waals surface area contributed by atoms with Gasteiger partial charge in [0.25, 0.3) is 0 Å². The second kappa shape index (κ2) is 6.46. The number of carbonyl (C=O) groups excluding carboxylic acids is 1. The van der Waals surface area contributed by atoms with E-state index >= 15 is 0 Å². The fourth-order valence-corrected chi connectivity index (χ4v) is 3.35. The zero-order valence-corrected chi connectivity index (χ0v) is 14.0. The highest BCUT2D eigenvalue weighted by atomic mass is 16.2. The van der Waals surface area contributed by atoms with Crippen molar-refractivity contribution in [1.29, 1.82) is 0 Å². The van der Waals surface area contributed by atoms with Gasteiger partial charge in [-0.25, -0.2) is 4.68 Å².